The van der Waals surface area contributed by atoms with E-state index in [4.69, 9.17) is 5.73 Å². The maximum atomic E-state index is 12.8. The molecule has 3 rings (SSSR count). The van der Waals surface area contributed by atoms with E-state index in [1.807, 2.05) is 6.07 Å². The van der Waals surface area contributed by atoms with Crippen LogP contribution in [-0.2, 0) is 20.2 Å². The molecule has 0 spiro atoms. The van der Waals surface area contributed by atoms with E-state index < -0.39 is 27.3 Å². The van der Waals surface area contributed by atoms with Crippen molar-refractivity contribution >= 4 is 21.9 Å². The number of hydrogen-bond acceptors (Lipinski definition) is 4. The van der Waals surface area contributed by atoms with Gasteiger partial charge in [0.2, 0.25) is 15.9 Å². The lowest BCUT2D eigenvalue weighted by Gasteiger charge is -2.38. The van der Waals surface area contributed by atoms with Crippen LogP contribution in [0.25, 0.3) is 0 Å². The van der Waals surface area contributed by atoms with E-state index in [1.54, 1.807) is 24.3 Å². The molecule has 1 aliphatic heterocycles. The summed E-state index contributed by atoms with van der Waals surface area (Å²) < 4.78 is 27.0. The maximum Gasteiger partial charge on any atom is 0.314 e. The Hall–Kier alpha value is -2.71. The van der Waals surface area contributed by atoms with Gasteiger partial charge in [0.15, 0.2) is 0 Å². The van der Waals surface area contributed by atoms with Gasteiger partial charge in [-0.25, -0.2) is 8.42 Å². The van der Waals surface area contributed by atoms with Crippen LogP contribution in [0.5, 0.6) is 0 Å². The van der Waals surface area contributed by atoms with Crippen LogP contribution in [0.3, 0.4) is 0 Å². The van der Waals surface area contributed by atoms with Gasteiger partial charge in [-0.2, -0.15) is 4.31 Å². The van der Waals surface area contributed by atoms with Crippen LogP contribution in [0.4, 0.5) is 0 Å². The summed E-state index contributed by atoms with van der Waals surface area (Å²) in [6.45, 7) is 0.197. The molecule has 1 fully saturated rings. The van der Waals surface area contributed by atoms with Crippen molar-refractivity contribution in [3.63, 3.8) is 0 Å². The highest BCUT2D eigenvalue weighted by Gasteiger charge is 2.45. The van der Waals surface area contributed by atoms with Gasteiger partial charge in [0.25, 0.3) is 0 Å². The lowest BCUT2D eigenvalue weighted by molar-refractivity contribution is -0.145. The molecule has 142 valence electrons. The van der Waals surface area contributed by atoms with E-state index in [2.05, 4.69) is 0 Å². The van der Waals surface area contributed by atoms with E-state index in [0.717, 1.165) is 0 Å². The second-order valence-corrected chi connectivity index (χ2v) is 8.48. The Morgan fingerprint density at radius 2 is 1.52 bits per heavy atom. The summed E-state index contributed by atoms with van der Waals surface area (Å²) in [5, 5.41) is 9.82. The van der Waals surface area contributed by atoms with Crippen LogP contribution in [0, 0.1) is 0 Å². The van der Waals surface area contributed by atoms with E-state index in [1.165, 1.54) is 28.6 Å². The second-order valence-electron chi connectivity index (χ2n) is 6.55. The molecule has 0 aliphatic carbocycles. The van der Waals surface area contributed by atoms with Gasteiger partial charge in [0, 0.05) is 18.7 Å². The number of carboxylic acid groups (broad SMARTS) is 1. The largest absolute Gasteiger partial charge is 0.481 e. The van der Waals surface area contributed by atoms with Gasteiger partial charge in [-0.05, 0) is 42.7 Å². The quantitative estimate of drug-likeness (QED) is 0.806. The van der Waals surface area contributed by atoms with Crippen molar-refractivity contribution in [2.45, 2.75) is 23.2 Å². The predicted octanol–water partition coefficient (Wildman–Crippen LogP) is 1.59. The fourth-order valence-electron chi connectivity index (χ4n) is 3.43. The van der Waals surface area contributed by atoms with E-state index in [9.17, 15) is 23.1 Å². The lowest BCUT2D eigenvalue weighted by Crippen LogP contribution is -2.49. The molecule has 2 aromatic rings. The number of aliphatic carboxylic acids is 1. The Morgan fingerprint density at radius 3 is 2.00 bits per heavy atom. The number of carbonyl (C=O) groups is 2. The monoisotopic (exact) mass is 388 g/mol. The minimum absolute atomic E-state index is 0.0510. The zero-order valence-corrected chi connectivity index (χ0v) is 15.4. The Bertz CT molecular complexity index is 947. The normalized spacial score (nSPS) is 17.3. The first-order valence-corrected chi connectivity index (χ1v) is 9.90. The molecule has 0 radical (unpaired) electrons. The highest BCUT2D eigenvalue weighted by atomic mass is 32.2. The highest BCUT2D eigenvalue weighted by molar-refractivity contribution is 7.89. The number of nitrogens with zero attached hydrogens (tertiary/aromatic N) is 1. The standard InChI is InChI=1S/C19H20N2O5S/c20-17(22)14-6-8-16(9-7-14)27(25,26)21-12-10-19(11-13-21,18(23)24)15-4-2-1-3-5-15/h1-9H,10-13H2,(H2,20,22)(H,23,24). The average Bonchev–Trinajstić information content (AvgIpc) is 2.68. The van der Waals surface area contributed by atoms with Gasteiger partial charge in [-0.15, -0.1) is 0 Å². The fourth-order valence-corrected chi connectivity index (χ4v) is 4.87. The number of primary amides is 1. The number of piperidine rings is 1. The molecule has 7 nitrogen and oxygen atoms in total. The summed E-state index contributed by atoms with van der Waals surface area (Å²) >= 11 is 0. The van der Waals surface area contributed by atoms with Crippen LogP contribution < -0.4 is 5.73 Å². The summed E-state index contributed by atoms with van der Waals surface area (Å²) in [6, 6.07) is 14.3. The first-order chi connectivity index (χ1) is 12.8. The molecular formula is C19H20N2O5S. The maximum absolute atomic E-state index is 12.8. The second kappa shape index (κ2) is 7.13. The number of amides is 1. The van der Waals surface area contributed by atoms with Gasteiger partial charge < -0.3 is 10.8 Å². The Labute approximate surface area is 157 Å². The molecule has 1 aliphatic rings. The molecule has 27 heavy (non-hydrogen) atoms. The van der Waals surface area contributed by atoms with Gasteiger partial charge >= 0.3 is 5.97 Å². The van der Waals surface area contributed by atoms with E-state index in [-0.39, 0.29) is 36.4 Å². The third-order valence-electron chi connectivity index (χ3n) is 5.09. The van der Waals surface area contributed by atoms with Crippen molar-refractivity contribution in [1.82, 2.24) is 4.31 Å². The molecule has 8 heteroatoms. The minimum atomic E-state index is -3.77. The van der Waals surface area contributed by atoms with Crippen molar-refractivity contribution in [2.24, 2.45) is 5.73 Å². The molecule has 3 N–H and O–H groups in total. The molecule has 0 atom stereocenters. The fraction of sp³-hybridized carbons (Fsp3) is 0.263. The number of nitrogens with two attached hydrogens (primary N) is 1. The molecule has 2 aromatic carbocycles. The van der Waals surface area contributed by atoms with Crippen LogP contribution in [0.1, 0.15) is 28.8 Å². The number of benzene rings is 2. The zero-order valence-electron chi connectivity index (χ0n) is 14.5. The summed E-state index contributed by atoms with van der Waals surface area (Å²) in [7, 11) is -3.77. The topological polar surface area (TPSA) is 118 Å². The minimum Gasteiger partial charge on any atom is -0.481 e. The van der Waals surface area contributed by atoms with Gasteiger partial charge in [-0.3, -0.25) is 9.59 Å². The lowest BCUT2D eigenvalue weighted by atomic mass is 9.73. The molecule has 1 heterocycles. The Balaban J connectivity index is 1.83. The number of rotatable bonds is 5. The number of sulfonamides is 1. The molecule has 1 saturated heterocycles. The predicted molar refractivity (Wildman–Crippen MR) is 98.7 cm³/mol. The van der Waals surface area contributed by atoms with Crippen molar-refractivity contribution < 1.29 is 23.1 Å². The third-order valence-corrected chi connectivity index (χ3v) is 7.00. The van der Waals surface area contributed by atoms with E-state index in [0.29, 0.717) is 5.56 Å². The summed E-state index contributed by atoms with van der Waals surface area (Å²) in [4.78, 5) is 23.2. The van der Waals surface area contributed by atoms with Crippen LogP contribution in [0.15, 0.2) is 59.5 Å². The SMILES string of the molecule is NC(=O)c1ccc(S(=O)(=O)N2CCC(C(=O)O)(c3ccccc3)CC2)cc1. The molecular weight excluding hydrogens is 368 g/mol. The van der Waals surface area contributed by atoms with Crippen molar-refractivity contribution in [1.29, 1.82) is 0 Å². The summed E-state index contributed by atoms with van der Waals surface area (Å²) in [6.07, 6.45) is 0.371. The first-order valence-electron chi connectivity index (χ1n) is 8.46. The summed E-state index contributed by atoms with van der Waals surface area (Å²) in [5.41, 5.74) is 4.99. The van der Waals surface area contributed by atoms with Crippen LogP contribution in [0.2, 0.25) is 0 Å². The van der Waals surface area contributed by atoms with Crippen molar-refractivity contribution in [3.05, 3.63) is 65.7 Å². The van der Waals surface area contributed by atoms with Crippen LogP contribution >= 0.6 is 0 Å². The average molecular weight is 388 g/mol. The molecule has 0 bridgehead atoms. The van der Waals surface area contributed by atoms with E-state index >= 15 is 0 Å². The van der Waals surface area contributed by atoms with Gasteiger partial charge in [-0.1, -0.05) is 30.3 Å². The third kappa shape index (κ3) is 3.45. The summed E-state index contributed by atoms with van der Waals surface area (Å²) in [5.74, 6) is -1.58. The number of carboxylic acids is 1. The number of carbonyl (C=O) groups excluding carboxylic acids is 1. The number of hydrogen-bond donors (Lipinski definition) is 2. The van der Waals surface area contributed by atoms with Crippen molar-refractivity contribution in [2.75, 3.05) is 13.1 Å². The van der Waals surface area contributed by atoms with Crippen molar-refractivity contribution in [3.8, 4) is 0 Å². The molecule has 0 aromatic heterocycles. The van der Waals surface area contributed by atoms with Gasteiger partial charge in [0.05, 0.1) is 10.3 Å². The first kappa shape index (κ1) is 19.1. The Kier molecular flexibility index (Phi) is 5.03. The Morgan fingerprint density at radius 1 is 0.963 bits per heavy atom. The molecule has 0 unspecified atom stereocenters. The molecule has 1 amide bonds. The van der Waals surface area contributed by atoms with Crippen LogP contribution in [-0.4, -0.2) is 42.8 Å². The zero-order chi connectivity index (χ0) is 19.7. The smallest absolute Gasteiger partial charge is 0.314 e. The highest BCUT2D eigenvalue weighted by Crippen LogP contribution is 2.37. The molecule has 0 saturated carbocycles. The van der Waals surface area contributed by atoms with Gasteiger partial charge in [0.1, 0.15) is 0 Å².